The Bertz CT molecular complexity index is 279. The van der Waals surface area contributed by atoms with Crippen LogP contribution in [0.2, 0.25) is 0 Å². The van der Waals surface area contributed by atoms with Crippen molar-refractivity contribution < 1.29 is 34.3 Å². The van der Waals surface area contributed by atoms with E-state index in [-0.39, 0.29) is 0 Å². The zero-order valence-electron chi connectivity index (χ0n) is 6.61. The lowest BCUT2D eigenvalue weighted by Crippen LogP contribution is -2.36. The van der Waals surface area contributed by atoms with Crippen LogP contribution < -0.4 is 0 Å². The fourth-order valence-corrected chi connectivity index (χ4v) is 1.10. The second kappa shape index (κ2) is 3.95. The van der Waals surface area contributed by atoms with E-state index in [9.17, 15) is 34.3 Å². The van der Waals surface area contributed by atoms with Gasteiger partial charge in [-0.25, -0.2) is 0 Å². The Morgan fingerprint density at radius 1 is 1.00 bits per heavy atom. The minimum Gasteiger partial charge on any atom is -0.196 e. The molecule has 0 aromatic heterocycles. The maximum Gasteiger partial charge on any atom is 0.453 e. The Kier molecular flexibility index (Phi) is 3.82. The normalized spacial score (nSPS) is 14.4. The molecule has 0 atom stereocenters. The van der Waals surface area contributed by atoms with Gasteiger partial charge in [0, 0.05) is 6.42 Å². The highest BCUT2D eigenvalue weighted by atomic mass is 32.3. The molecule has 0 aliphatic carbocycles. The van der Waals surface area contributed by atoms with E-state index in [0.717, 1.165) is 0 Å². The number of halogens is 6. The van der Waals surface area contributed by atoms with Crippen molar-refractivity contribution in [3.8, 4) is 0 Å². The second-order valence-corrected chi connectivity index (χ2v) is 4.03. The Morgan fingerprint density at radius 2 is 1.43 bits per heavy atom. The third kappa shape index (κ3) is 4.68. The summed E-state index contributed by atoms with van der Waals surface area (Å²) in [6, 6.07) is 0. The van der Waals surface area contributed by atoms with Crippen molar-refractivity contribution >= 4 is 10.2 Å². The standard InChI is InChI=1S/C5H6F6O2S/c6-4(7,5(8,9)10)2-1-3-14(11,12)13/h1-3H2. The van der Waals surface area contributed by atoms with Crippen LogP contribution in [-0.4, -0.2) is 26.3 Å². The lowest BCUT2D eigenvalue weighted by atomic mass is 10.2. The summed E-state index contributed by atoms with van der Waals surface area (Å²) in [5.74, 6) is -6.31. The van der Waals surface area contributed by atoms with E-state index in [0.29, 0.717) is 0 Å². The average Bonchev–Trinajstić information content (AvgIpc) is 1.80. The molecule has 0 spiro atoms. The van der Waals surface area contributed by atoms with Crippen LogP contribution in [-0.2, 0) is 10.2 Å². The van der Waals surface area contributed by atoms with Crippen LogP contribution in [0, 0.1) is 0 Å². The highest BCUT2D eigenvalue weighted by molar-refractivity contribution is 7.86. The van der Waals surface area contributed by atoms with Crippen LogP contribution in [0.4, 0.5) is 25.8 Å². The highest BCUT2D eigenvalue weighted by Crippen LogP contribution is 2.38. The molecule has 14 heavy (non-hydrogen) atoms. The summed E-state index contributed by atoms with van der Waals surface area (Å²) in [4.78, 5) is 0. The fraction of sp³-hybridized carbons (Fsp3) is 1.00. The first-order valence-corrected chi connectivity index (χ1v) is 4.88. The number of rotatable bonds is 4. The molecule has 0 rings (SSSR count). The molecule has 2 nitrogen and oxygen atoms in total. The molecule has 0 N–H and O–H groups in total. The number of alkyl halides is 5. The summed E-state index contributed by atoms with van der Waals surface area (Å²) in [6.45, 7) is 0. The Labute approximate surface area is 76.1 Å². The van der Waals surface area contributed by atoms with Crippen molar-refractivity contribution in [3.05, 3.63) is 0 Å². The SMILES string of the molecule is O=S(=O)(F)CCCC(F)(F)C(F)(F)F. The van der Waals surface area contributed by atoms with Gasteiger partial charge in [0.2, 0.25) is 0 Å². The molecule has 0 aliphatic heterocycles. The largest absolute Gasteiger partial charge is 0.453 e. The van der Waals surface area contributed by atoms with Crippen molar-refractivity contribution in [2.24, 2.45) is 0 Å². The number of hydrogen-bond acceptors (Lipinski definition) is 2. The van der Waals surface area contributed by atoms with Gasteiger partial charge in [-0.15, -0.1) is 3.89 Å². The summed E-state index contributed by atoms with van der Waals surface area (Å²) in [5, 5.41) is 0. The maximum absolute atomic E-state index is 12.1. The van der Waals surface area contributed by atoms with E-state index < -0.39 is 40.9 Å². The van der Waals surface area contributed by atoms with Crippen molar-refractivity contribution in [2.75, 3.05) is 5.75 Å². The monoisotopic (exact) mass is 244 g/mol. The van der Waals surface area contributed by atoms with E-state index in [1.165, 1.54) is 0 Å². The van der Waals surface area contributed by atoms with Gasteiger partial charge >= 0.3 is 22.3 Å². The third-order valence-corrected chi connectivity index (χ3v) is 2.07. The molecule has 0 fully saturated rings. The quantitative estimate of drug-likeness (QED) is 0.561. The third-order valence-electron chi connectivity index (χ3n) is 1.29. The van der Waals surface area contributed by atoms with Gasteiger partial charge in [0.05, 0.1) is 5.75 Å². The minimum absolute atomic E-state index is 1.08. The van der Waals surface area contributed by atoms with E-state index >= 15 is 0 Å². The molecule has 0 aromatic rings. The lowest BCUT2D eigenvalue weighted by Gasteiger charge is -2.18. The molecule has 0 saturated carbocycles. The van der Waals surface area contributed by atoms with Crippen LogP contribution in [0.5, 0.6) is 0 Å². The zero-order chi connectivity index (χ0) is 11.6. The molecule has 0 aromatic carbocycles. The van der Waals surface area contributed by atoms with Crippen molar-refractivity contribution in [1.82, 2.24) is 0 Å². The molecule has 86 valence electrons. The summed E-state index contributed by atoms with van der Waals surface area (Å²) >= 11 is 0. The van der Waals surface area contributed by atoms with Gasteiger partial charge in [-0.3, -0.25) is 0 Å². The van der Waals surface area contributed by atoms with Crippen LogP contribution in [0.25, 0.3) is 0 Å². The Morgan fingerprint density at radius 3 is 1.71 bits per heavy atom. The molecule has 0 heterocycles. The van der Waals surface area contributed by atoms with Gasteiger partial charge in [-0.1, -0.05) is 0 Å². The zero-order valence-corrected chi connectivity index (χ0v) is 7.43. The van der Waals surface area contributed by atoms with Gasteiger partial charge in [-0.2, -0.15) is 30.4 Å². The maximum atomic E-state index is 12.1. The molecule has 9 heteroatoms. The summed E-state index contributed by atoms with van der Waals surface area (Å²) < 4.78 is 89.8. The minimum atomic E-state index is -5.73. The summed E-state index contributed by atoms with van der Waals surface area (Å²) in [7, 11) is -4.99. The van der Waals surface area contributed by atoms with Crippen molar-refractivity contribution in [2.45, 2.75) is 24.9 Å². The predicted molar refractivity (Wildman–Crippen MR) is 35.1 cm³/mol. The van der Waals surface area contributed by atoms with Crippen LogP contribution in [0.1, 0.15) is 12.8 Å². The molecular formula is C5H6F6O2S. The molecule has 0 amide bonds. The Hall–Kier alpha value is -0.470. The topological polar surface area (TPSA) is 34.1 Å². The fourth-order valence-electron chi connectivity index (χ4n) is 0.608. The van der Waals surface area contributed by atoms with E-state index in [4.69, 9.17) is 0 Å². The van der Waals surface area contributed by atoms with Gasteiger partial charge in [0.25, 0.3) is 0 Å². The van der Waals surface area contributed by atoms with E-state index in [1.807, 2.05) is 0 Å². The smallest absolute Gasteiger partial charge is 0.196 e. The molecule has 0 aliphatic rings. The van der Waals surface area contributed by atoms with Gasteiger partial charge < -0.3 is 0 Å². The molecule has 0 unspecified atom stereocenters. The predicted octanol–water partition coefficient (Wildman–Crippen LogP) is 2.26. The summed E-state index contributed by atoms with van der Waals surface area (Å²) in [6.07, 6.45) is -8.54. The molecule has 0 saturated heterocycles. The first-order valence-electron chi connectivity index (χ1n) is 3.32. The second-order valence-electron chi connectivity index (χ2n) is 2.55. The van der Waals surface area contributed by atoms with Crippen LogP contribution in [0.3, 0.4) is 0 Å². The highest BCUT2D eigenvalue weighted by Gasteiger charge is 2.56. The Balaban J connectivity index is 4.15. The van der Waals surface area contributed by atoms with E-state index in [2.05, 4.69) is 0 Å². The van der Waals surface area contributed by atoms with Gasteiger partial charge in [0.15, 0.2) is 0 Å². The van der Waals surface area contributed by atoms with Gasteiger partial charge in [0.1, 0.15) is 0 Å². The first kappa shape index (κ1) is 13.5. The molecule has 0 radical (unpaired) electrons. The van der Waals surface area contributed by atoms with Gasteiger partial charge in [-0.05, 0) is 6.42 Å². The van der Waals surface area contributed by atoms with Crippen molar-refractivity contribution in [1.29, 1.82) is 0 Å². The first-order chi connectivity index (χ1) is 5.96. The lowest BCUT2D eigenvalue weighted by molar-refractivity contribution is -0.284. The molecular weight excluding hydrogens is 238 g/mol. The number of hydrogen-bond donors (Lipinski definition) is 0. The molecule has 0 bridgehead atoms. The van der Waals surface area contributed by atoms with E-state index in [1.54, 1.807) is 0 Å². The van der Waals surface area contributed by atoms with Crippen LogP contribution >= 0.6 is 0 Å². The van der Waals surface area contributed by atoms with Crippen LogP contribution in [0.15, 0.2) is 0 Å². The summed E-state index contributed by atoms with van der Waals surface area (Å²) in [5.41, 5.74) is 0. The average molecular weight is 244 g/mol. The van der Waals surface area contributed by atoms with Crippen molar-refractivity contribution in [3.63, 3.8) is 0 Å².